The minimum absolute atomic E-state index is 0.203. The smallest absolute Gasteiger partial charge is 0.102 e. The molecule has 7 heteroatoms. The van der Waals surface area contributed by atoms with Crippen LogP contribution in [0.1, 0.15) is 86.6 Å². The van der Waals surface area contributed by atoms with Crippen molar-refractivity contribution >= 4 is 11.5 Å². The molecule has 3 heterocycles. The lowest BCUT2D eigenvalue weighted by Crippen LogP contribution is -2.48. The molecule has 2 aromatic heterocycles. The molecule has 204 valence electrons. The minimum atomic E-state index is 0.203. The molecule has 2 aliphatic rings. The highest BCUT2D eigenvalue weighted by atomic mass is 16.5. The molecule has 0 spiro atoms. The van der Waals surface area contributed by atoms with Gasteiger partial charge in [0.1, 0.15) is 5.84 Å². The maximum Gasteiger partial charge on any atom is 0.102 e. The number of hydrogen-bond donors (Lipinski definition) is 0. The number of aliphatic imine (C=N–C) groups is 1. The summed E-state index contributed by atoms with van der Waals surface area (Å²) in [7, 11) is 1.72. The quantitative estimate of drug-likeness (QED) is 0.252. The van der Waals surface area contributed by atoms with Crippen LogP contribution in [0.25, 0.3) is 0 Å². The molecule has 1 aliphatic carbocycles. The molecule has 1 aromatic carbocycles. The van der Waals surface area contributed by atoms with Crippen molar-refractivity contribution in [3.63, 3.8) is 0 Å². The van der Waals surface area contributed by atoms with Gasteiger partial charge in [0, 0.05) is 50.3 Å². The molecule has 7 nitrogen and oxygen atoms in total. The first kappa shape index (κ1) is 28.0. The van der Waals surface area contributed by atoms with E-state index in [9.17, 15) is 0 Å². The summed E-state index contributed by atoms with van der Waals surface area (Å²) >= 11 is 0. The van der Waals surface area contributed by atoms with Gasteiger partial charge in [-0.15, -0.1) is 0 Å². The van der Waals surface area contributed by atoms with E-state index in [-0.39, 0.29) is 5.41 Å². The maximum absolute atomic E-state index is 5.28. The molecule has 0 atom stereocenters. The highest BCUT2D eigenvalue weighted by molar-refractivity contribution is 5.84. The van der Waals surface area contributed by atoms with Gasteiger partial charge in [0.25, 0.3) is 0 Å². The van der Waals surface area contributed by atoms with Gasteiger partial charge < -0.3 is 9.64 Å². The normalized spacial score (nSPS) is 16.6. The van der Waals surface area contributed by atoms with Gasteiger partial charge in [-0.3, -0.25) is 14.6 Å². The Balaban J connectivity index is 0.00000164. The van der Waals surface area contributed by atoms with Crippen LogP contribution in [0.3, 0.4) is 0 Å². The van der Waals surface area contributed by atoms with E-state index in [0.29, 0.717) is 12.5 Å². The third kappa shape index (κ3) is 6.15. The Bertz CT molecular complexity index is 1250. The summed E-state index contributed by atoms with van der Waals surface area (Å²) in [6, 6.07) is 6.43. The number of likely N-dealkylation sites (tertiary alicyclic amines) is 1. The van der Waals surface area contributed by atoms with Gasteiger partial charge >= 0.3 is 0 Å². The second-order valence-corrected chi connectivity index (χ2v) is 10.6. The number of nitrogens with zero attached hydrogens (tertiary/aromatic N) is 6. The van der Waals surface area contributed by atoms with Gasteiger partial charge in [0.15, 0.2) is 0 Å². The molecule has 0 unspecified atom stereocenters. The highest BCUT2D eigenvalue weighted by Gasteiger charge is 2.46. The Morgan fingerprint density at radius 3 is 2.58 bits per heavy atom. The summed E-state index contributed by atoms with van der Waals surface area (Å²) in [4.78, 5) is 17.5. The van der Waals surface area contributed by atoms with Crippen molar-refractivity contribution in [2.45, 2.75) is 85.1 Å². The van der Waals surface area contributed by atoms with Gasteiger partial charge in [0.2, 0.25) is 0 Å². The van der Waals surface area contributed by atoms with E-state index < -0.39 is 0 Å². The molecule has 1 saturated heterocycles. The summed E-state index contributed by atoms with van der Waals surface area (Å²) in [6.45, 7) is 15.9. The molecule has 1 aliphatic heterocycles. The Morgan fingerprint density at radius 2 is 1.92 bits per heavy atom. The lowest BCUT2D eigenvalue weighted by atomic mass is 9.92. The van der Waals surface area contributed by atoms with Crippen molar-refractivity contribution in [3.05, 3.63) is 70.6 Å². The zero-order chi connectivity index (χ0) is 27.3. The summed E-state index contributed by atoms with van der Waals surface area (Å²) in [5.41, 5.74) is 8.36. The lowest BCUT2D eigenvalue weighted by Gasteiger charge is -2.40. The predicted molar refractivity (Wildman–Crippen MR) is 154 cm³/mol. The molecule has 38 heavy (non-hydrogen) atoms. The van der Waals surface area contributed by atoms with Crippen LogP contribution in [-0.4, -0.2) is 57.3 Å². The third-order valence-electron chi connectivity index (χ3n) is 7.87. The molecular formula is C31H44N6O. The van der Waals surface area contributed by atoms with Crippen molar-refractivity contribution in [2.24, 2.45) is 4.99 Å². The highest BCUT2D eigenvalue weighted by Crippen LogP contribution is 2.51. The first-order valence-corrected chi connectivity index (χ1v) is 14.1. The van der Waals surface area contributed by atoms with E-state index in [1.165, 1.54) is 35.2 Å². The SMILES string of the molecule is CC.CCC1(c2nc(C3CN(C(C)=Nc4ccc(C)cc4C)C3)cnc2Cc2cnn(CCOC)c2)CC1. The fraction of sp³-hybridized carbons (Fsp3) is 0.548. The first-order chi connectivity index (χ1) is 18.4. The molecule has 1 saturated carbocycles. The number of amidine groups is 1. The number of methoxy groups -OCH3 is 1. The number of ether oxygens (including phenoxy) is 1. The molecule has 2 fully saturated rings. The molecule has 3 aromatic rings. The zero-order valence-corrected chi connectivity index (χ0v) is 24.3. The fourth-order valence-corrected chi connectivity index (χ4v) is 5.19. The van der Waals surface area contributed by atoms with Crippen LogP contribution in [0.2, 0.25) is 0 Å². The monoisotopic (exact) mass is 516 g/mol. The molecular weight excluding hydrogens is 472 g/mol. The molecule has 0 bridgehead atoms. The van der Waals surface area contributed by atoms with E-state index in [1.807, 2.05) is 30.9 Å². The Hall–Kier alpha value is -3.06. The molecule has 0 N–H and O–H groups in total. The second kappa shape index (κ2) is 12.2. The van der Waals surface area contributed by atoms with E-state index in [4.69, 9.17) is 19.7 Å². The van der Waals surface area contributed by atoms with E-state index in [0.717, 1.165) is 55.4 Å². The van der Waals surface area contributed by atoms with Crippen molar-refractivity contribution < 1.29 is 4.74 Å². The van der Waals surface area contributed by atoms with Crippen molar-refractivity contribution in [1.82, 2.24) is 24.6 Å². The van der Waals surface area contributed by atoms with Crippen LogP contribution in [0.4, 0.5) is 5.69 Å². The average Bonchev–Trinajstić information content (AvgIpc) is 3.57. The second-order valence-electron chi connectivity index (χ2n) is 10.6. The Morgan fingerprint density at radius 1 is 1.16 bits per heavy atom. The van der Waals surface area contributed by atoms with Crippen LogP contribution in [0.15, 0.2) is 41.8 Å². The van der Waals surface area contributed by atoms with Crippen molar-refractivity contribution in [3.8, 4) is 0 Å². The molecule has 0 radical (unpaired) electrons. The van der Waals surface area contributed by atoms with E-state index >= 15 is 0 Å². The molecule has 5 rings (SSSR count). The number of benzene rings is 1. The van der Waals surface area contributed by atoms with Crippen LogP contribution < -0.4 is 0 Å². The number of aromatic nitrogens is 4. The summed E-state index contributed by atoms with van der Waals surface area (Å²) < 4.78 is 7.12. The van der Waals surface area contributed by atoms with Crippen molar-refractivity contribution in [2.75, 3.05) is 26.8 Å². The van der Waals surface area contributed by atoms with Crippen LogP contribution in [0.5, 0.6) is 0 Å². The predicted octanol–water partition coefficient (Wildman–Crippen LogP) is 6.14. The largest absolute Gasteiger partial charge is 0.383 e. The lowest BCUT2D eigenvalue weighted by molar-refractivity contribution is 0.183. The standard InChI is InChI=1S/C29H38N6O.C2H6/c1-6-29(9-10-29)28-26(14-23-15-31-35(17-23)11-12-36-5)30-16-27(33-28)24-18-34(19-24)22(4)32-25-8-7-20(2)13-21(25)3;1-2/h7-8,13,15-17,24H,6,9-12,14,18-19H2,1-5H3;1-2H3. The maximum atomic E-state index is 5.28. The fourth-order valence-electron chi connectivity index (χ4n) is 5.19. The number of aryl methyl sites for hydroxylation is 2. The van der Waals surface area contributed by atoms with Gasteiger partial charge in [-0.05, 0) is 57.2 Å². The van der Waals surface area contributed by atoms with Gasteiger partial charge in [-0.25, -0.2) is 4.99 Å². The van der Waals surface area contributed by atoms with E-state index in [1.54, 1.807) is 7.11 Å². The summed E-state index contributed by atoms with van der Waals surface area (Å²) in [5.74, 6) is 1.47. The van der Waals surface area contributed by atoms with Crippen LogP contribution in [0, 0.1) is 13.8 Å². The van der Waals surface area contributed by atoms with Crippen molar-refractivity contribution in [1.29, 1.82) is 0 Å². The van der Waals surface area contributed by atoms with Gasteiger partial charge in [0.05, 0.1) is 42.1 Å². The number of hydrogen-bond acceptors (Lipinski definition) is 5. The molecule has 0 amide bonds. The summed E-state index contributed by atoms with van der Waals surface area (Å²) in [6.07, 6.45) is 10.4. The number of rotatable bonds is 9. The third-order valence-corrected chi connectivity index (χ3v) is 7.87. The van der Waals surface area contributed by atoms with Gasteiger partial charge in [-0.1, -0.05) is 38.5 Å². The zero-order valence-electron chi connectivity index (χ0n) is 24.3. The van der Waals surface area contributed by atoms with E-state index in [2.05, 4.69) is 62.1 Å². The van der Waals surface area contributed by atoms with Crippen LogP contribution in [-0.2, 0) is 23.1 Å². The Labute approximate surface area is 228 Å². The minimum Gasteiger partial charge on any atom is -0.383 e. The Kier molecular flexibility index (Phi) is 8.98. The van der Waals surface area contributed by atoms with Gasteiger partial charge in [-0.2, -0.15) is 5.10 Å². The first-order valence-electron chi connectivity index (χ1n) is 14.1. The summed E-state index contributed by atoms with van der Waals surface area (Å²) in [5, 5.41) is 4.48. The van der Waals surface area contributed by atoms with Crippen LogP contribution >= 0.6 is 0 Å². The average molecular weight is 517 g/mol. The topological polar surface area (TPSA) is 68.4 Å².